The van der Waals surface area contributed by atoms with Crippen molar-refractivity contribution >= 4 is 17.7 Å². The molecule has 0 saturated carbocycles. The summed E-state index contributed by atoms with van der Waals surface area (Å²) in [6.07, 6.45) is -4.34. The molecule has 1 rings (SSSR count). The highest BCUT2D eigenvalue weighted by Gasteiger charge is 2.59. The lowest BCUT2D eigenvalue weighted by atomic mass is 10.0. The molecule has 0 aliphatic carbocycles. The van der Waals surface area contributed by atoms with Crippen molar-refractivity contribution in [2.45, 2.75) is 23.9 Å². The number of rotatable bonds is 3. The van der Waals surface area contributed by atoms with Crippen molar-refractivity contribution in [1.82, 2.24) is 0 Å². The van der Waals surface area contributed by atoms with E-state index in [-0.39, 0.29) is 16.0 Å². The molecule has 0 fully saturated rings. The summed E-state index contributed by atoms with van der Waals surface area (Å²) in [5.41, 5.74) is -1.17. The van der Waals surface area contributed by atoms with Crippen LogP contribution in [0.1, 0.15) is 21.5 Å². The van der Waals surface area contributed by atoms with Gasteiger partial charge in [0.05, 0.1) is 12.7 Å². The maximum absolute atomic E-state index is 13.5. The highest BCUT2D eigenvalue weighted by Crippen LogP contribution is 2.47. The van der Waals surface area contributed by atoms with Crippen LogP contribution in [0.5, 0.6) is 0 Å². The summed E-state index contributed by atoms with van der Waals surface area (Å²) in [5.74, 6) is -5.77. The predicted molar refractivity (Wildman–Crippen MR) is 64.2 cm³/mol. The zero-order valence-corrected chi connectivity index (χ0v) is 11.6. The molecule has 112 valence electrons. The Hall–Kier alpha value is -1.31. The fourth-order valence-corrected chi connectivity index (χ4v) is 2.52. The third kappa shape index (κ3) is 2.74. The molecular formula is C12H11F5O2S. The molecule has 0 unspecified atom stereocenters. The lowest BCUT2D eigenvalue weighted by molar-refractivity contribution is -0.290. The number of benzene rings is 1. The highest BCUT2D eigenvalue weighted by molar-refractivity contribution is 7.98. The van der Waals surface area contributed by atoms with Crippen LogP contribution < -0.4 is 0 Å². The molecule has 0 N–H and O–H groups in total. The molecule has 8 heteroatoms. The molecule has 0 heterocycles. The van der Waals surface area contributed by atoms with E-state index < -0.39 is 23.6 Å². The maximum Gasteiger partial charge on any atom is 0.458 e. The third-order valence-electron chi connectivity index (χ3n) is 2.71. The minimum Gasteiger partial charge on any atom is -0.465 e. The largest absolute Gasteiger partial charge is 0.465 e. The summed E-state index contributed by atoms with van der Waals surface area (Å²) in [6, 6.07) is 1.52. The van der Waals surface area contributed by atoms with Gasteiger partial charge in [-0.05, 0) is 24.8 Å². The molecule has 2 nitrogen and oxygen atoms in total. The Bertz CT molecular complexity index is 525. The molecule has 0 radical (unpaired) electrons. The summed E-state index contributed by atoms with van der Waals surface area (Å²) in [6.45, 7) is 1.30. The second-order valence-corrected chi connectivity index (χ2v) is 4.70. The number of ether oxygens (including phenoxy) is 1. The van der Waals surface area contributed by atoms with Crippen LogP contribution in [0.25, 0.3) is 0 Å². The Balaban J connectivity index is 3.53. The molecule has 0 aliphatic heterocycles. The summed E-state index contributed by atoms with van der Waals surface area (Å²) < 4.78 is 68.7. The normalized spacial score (nSPS) is 12.4. The zero-order chi connectivity index (χ0) is 15.7. The first-order chi connectivity index (χ1) is 9.07. The summed E-state index contributed by atoms with van der Waals surface area (Å²) >= 11 is 0.719. The number of thioether (sulfide) groups is 1. The van der Waals surface area contributed by atoms with Gasteiger partial charge in [-0.15, -0.1) is 11.8 Å². The molecule has 0 aliphatic rings. The number of esters is 1. The lowest BCUT2D eigenvalue weighted by Crippen LogP contribution is -2.34. The van der Waals surface area contributed by atoms with E-state index >= 15 is 0 Å². The van der Waals surface area contributed by atoms with Gasteiger partial charge in [0.1, 0.15) is 0 Å². The predicted octanol–water partition coefficient (Wildman–Crippen LogP) is 4.16. The molecule has 0 saturated heterocycles. The van der Waals surface area contributed by atoms with Gasteiger partial charge in [0, 0.05) is 10.5 Å². The van der Waals surface area contributed by atoms with Crippen molar-refractivity contribution in [2.75, 3.05) is 13.4 Å². The van der Waals surface area contributed by atoms with Gasteiger partial charge < -0.3 is 4.74 Å². The Labute approximate surface area is 116 Å². The lowest BCUT2D eigenvalue weighted by Gasteiger charge is -2.23. The number of hydrogen-bond acceptors (Lipinski definition) is 3. The van der Waals surface area contributed by atoms with Gasteiger partial charge >= 0.3 is 18.1 Å². The molecule has 0 aromatic heterocycles. The van der Waals surface area contributed by atoms with Crippen LogP contribution >= 0.6 is 11.8 Å². The Morgan fingerprint density at radius 2 is 1.75 bits per heavy atom. The SMILES string of the molecule is COC(=O)c1ccc(C(F)(F)C(F)(F)F)c(SC)c1C. The average Bonchev–Trinajstić information content (AvgIpc) is 2.35. The number of alkyl halides is 5. The smallest absolute Gasteiger partial charge is 0.458 e. The molecular weight excluding hydrogens is 303 g/mol. The molecule has 1 aromatic carbocycles. The van der Waals surface area contributed by atoms with E-state index in [1.165, 1.54) is 13.2 Å². The number of carbonyl (C=O) groups is 1. The van der Waals surface area contributed by atoms with Crippen LogP contribution in [0.15, 0.2) is 17.0 Å². The number of hydrogen-bond donors (Lipinski definition) is 0. The molecule has 0 spiro atoms. The first-order valence-corrected chi connectivity index (χ1v) is 6.51. The topological polar surface area (TPSA) is 26.3 Å². The average molecular weight is 314 g/mol. The van der Waals surface area contributed by atoms with Crippen molar-refractivity contribution in [3.8, 4) is 0 Å². The van der Waals surface area contributed by atoms with Crippen LogP contribution in [0.3, 0.4) is 0 Å². The van der Waals surface area contributed by atoms with E-state index in [0.29, 0.717) is 6.07 Å². The van der Waals surface area contributed by atoms with Gasteiger partial charge in [-0.1, -0.05) is 6.07 Å². The zero-order valence-electron chi connectivity index (χ0n) is 10.8. The fraction of sp³-hybridized carbons (Fsp3) is 0.417. The van der Waals surface area contributed by atoms with E-state index in [4.69, 9.17) is 0 Å². The van der Waals surface area contributed by atoms with Crippen molar-refractivity contribution in [3.05, 3.63) is 28.8 Å². The molecule has 1 aromatic rings. The standard InChI is InChI=1S/C12H11F5O2S/c1-6-7(10(18)19-2)4-5-8(9(6)20-3)11(13,14)12(15,16)17/h4-5H,1-3H3. The molecule has 0 bridgehead atoms. The van der Waals surface area contributed by atoms with Crippen LogP contribution in [0.2, 0.25) is 0 Å². The first kappa shape index (κ1) is 16.7. The fourth-order valence-electron chi connectivity index (χ4n) is 1.69. The van der Waals surface area contributed by atoms with Gasteiger partial charge in [-0.2, -0.15) is 22.0 Å². The van der Waals surface area contributed by atoms with Crippen LogP contribution in [-0.2, 0) is 10.7 Å². The Morgan fingerprint density at radius 1 is 1.20 bits per heavy atom. The summed E-state index contributed by atoms with van der Waals surface area (Å²) in [7, 11) is 1.10. The van der Waals surface area contributed by atoms with Gasteiger partial charge in [-0.3, -0.25) is 0 Å². The quantitative estimate of drug-likeness (QED) is 0.476. The van der Waals surface area contributed by atoms with E-state index in [2.05, 4.69) is 4.74 Å². The van der Waals surface area contributed by atoms with Gasteiger partial charge in [-0.25, -0.2) is 4.79 Å². The van der Waals surface area contributed by atoms with Crippen molar-refractivity contribution in [1.29, 1.82) is 0 Å². The Kier molecular flexibility index (Phi) is 4.68. The minimum absolute atomic E-state index is 0.0331. The van der Waals surface area contributed by atoms with Crippen LogP contribution in [0, 0.1) is 6.92 Å². The minimum atomic E-state index is -5.70. The highest BCUT2D eigenvalue weighted by atomic mass is 32.2. The Morgan fingerprint density at radius 3 is 2.15 bits per heavy atom. The monoisotopic (exact) mass is 314 g/mol. The number of carbonyl (C=O) groups excluding carboxylic acids is 1. The van der Waals surface area contributed by atoms with Gasteiger partial charge in [0.2, 0.25) is 0 Å². The third-order valence-corrected chi connectivity index (χ3v) is 3.64. The van der Waals surface area contributed by atoms with E-state index in [1.54, 1.807) is 0 Å². The summed E-state index contributed by atoms with van der Waals surface area (Å²) in [5, 5.41) is 0. The number of halogens is 5. The van der Waals surface area contributed by atoms with Gasteiger partial charge in [0.25, 0.3) is 0 Å². The number of methoxy groups -OCH3 is 1. The van der Waals surface area contributed by atoms with Crippen LogP contribution in [-0.4, -0.2) is 25.5 Å². The molecule has 0 atom stereocenters. The van der Waals surface area contributed by atoms with Gasteiger partial charge in [0.15, 0.2) is 0 Å². The second kappa shape index (κ2) is 5.59. The van der Waals surface area contributed by atoms with Crippen molar-refractivity contribution < 1.29 is 31.5 Å². The van der Waals surface area contributed by atoms with Crippen LogP contribution in [0.4, 0.5) is 22.0 Å². The molecule has 20 heavy (non-hydrogen) atoms. The summed E-state index contributed by atoms with van der Waals surface area (Å²) in [4.78, 5) is 11.1. The van der Waals surface area contributed by atoms with E-state index in [1.807, 2.05) is 0 Å². The maximum atomic E-state index is 13.5. The first-order valence-electron chi connectivity index (χ1n) is 5.28. The molecule has 0 amide bonds. The second-order valence-electron chi connectivity index (χ2n) is 3.88. The van der Waals surface area contributed by atoms with E-state index in [9.17, 15) is 26.7 Å². The van der Waals surface area contributed by atoms with E-state index in [0.717, 1.165) is 24.9 Å². The van der Waals surface area contributed by atoms with Crippen molar-refractivity contribution in [2.24, 2.45) is 0 Å². The van der Waals surface area contributed by atoms with Crippen molar-refractivity contribution in [3.63, 3.8) is 0 Å².